The van der Waals surface area contributed by atoms with Gasteiger partial charge in [0.1, 0.15) is 5.82 Å². The zero-order chi connectivity index (χ0) is 10.5. The third-order valence-electron chi connectivity index (χ3n) is 1.81. The van der Waals surface area contributed by atoms with Gasteiger partial charge in [-0.25, -0.2) is 9.97 Å². The molecule has 78 valence electrons. The highest BCUT2D eigenvalue weighted by Gasteiger charge is 1.98. The molecule has 0 aliphatic heterocycles. The van der Waals surface area contributed by atoms with Crippen LogP contribution in [0.2, 0.25) is 0 Å². The zero-order valence-electron chi connectivity index (χ0n) is 8.27. The highest BCUT2D eigenvalue weighted by molar-refractivity contribution is 7.07. The fraction of sp³-hybridized carbons (Fsp3) is 0.222. The number of rotatable bonds is 4. The molecule has 0 aliphatic carbocycles. The van der Waals surface area contributed by atoms with Crippen LogP contribution in [0.15, 0.2) is 23.2 Å². The van der Waals surface area contributed by atoms with Crippen molar-refractivity contribution >= 4 is 23.1 Å². The highest BCUT2D eigenvalue weighted by atomic mass is 32.1. The lowest BCUT2D eigenvalue weighted by Gasteiger charge is -2.04. The second-order valence-electron chi connectivity index (χ2n) is 2.85. The maximum absolute atomic E-state index is 4.23. The first kappa shape index (κ1) is 9.85. The summed E-state index contributed by atoms with van der Waals surface area (Å²) in [6.07, 6.45) is 1.71. The molecule has 0 unspecified atom stereocenters. The van der Waals surface area contributed by atoms with Crippen molar-refractivity contribution in [3.63, 3.8) is 0 Å². The minimum absolute atomic E-state index is 0.610. The van der Waals surface area contributed by atoms with Crippen molar-refractivity contribution < 1.29 is 0 Å². The molecule has 2 aromatic rings. The van der Waals surface area contributed by atoms with E-state index in [1.54, 1.807) is 24.6 Å². The molecule has 2 rings (SSSR count). The van der Waals surface area contributed by atoms with Crippen LogP contribution in [0.25, 0.3) is 0 Å². The van der Waals surface area contributed by atoms with Crippen molar-refractivity contribution in [3.05, 3.63) is 28.8 Å². The van der Waals surface area contributed by atoms with Crippen molar-refractivity contribution in [1.82, 2.24) is 15.0 Å². The molecular weight excluding hydrogens is 210 g/mol. The van der Waals surface area contributed by atoms with E-state index in [2.05, 4.69) is 25.6 Å². The Bertz CT molecular complexity index is 414. The molecule has 15 heavy (non-hydrogen) atoms. The third-order valence-corrected chi connectivity index (χ3v) is 2.45. The van der Waals surface area contributed by atoms with Crippen molar-refractivity contribution in [3.8, 4) is 0 Å². The maximum atomic E-state index is 4.23. The van der Waals surface area contributed by atoms with Gasteiger partial charge in [-0.05, 0) is 6.07 Å². The zero-order valence-corrected chi connectivity index (χ0v) is 9.08. The molecule has 2 N–H and O–H groups in total. The number of hydrogen-bond acceptors (Lipinski definition) is 6. The summed E-state index contributed by atoms with van der Waals surface area (Å²) in [6, 6.07) is 1.83. The van der Waals surface area contributed by atoms with Crippen molar-refractivity contribution in [2.45, 2.75) is 6.54 Å². The predicted molar refractivity (Wildman–Crippen MR) is 61.0 cm³/mol. The minimum Gasteiger partial charge on any atom is -0.364 e. The van der Waals surface area contributed by atoms with Gasteiger partial charge in [-0.1, -0.05) is 0 Å². The second kappa shape index (κ2) is 4.70. The predicted octanol–water partition coefficient (Wildman–Crippen LogP) is 1.59. The Hall–Kier alpha value is -1.69. The number of anilines is 2. The Morgan fingerprint density at radius 1 is 1.40 bits per heavy atom. The van der Waals surface area contributed by atoms with E-state index in [1.165, 1.54) is 0 Å². The van der Waals surface area contributed by atoms with E-state index < -0.39 is 0 Å². The van der Waals surface area contributed by atoms with Gasteiger partial charge in [0, 0.05) is 18.6 Å². The molecule has 0 radical (unpaired) electrons. The SMILES string of the molecule is CNc1nccc(NCc2cscn2)n1. The molecule has 0 spiro atoms. The Labute approximate surface area is 91.6 Å². The van der Waals surface area contributed by atoms with Gasteiger partial charge >= 0.3 is 0 Å². The molecule has 0 saturated heterocycles. The van der Waals surface area contributed by atoms with Gasteiger partial charge in [0.2, 0.25) is 5.95 Å². The first-order valence-electron chi connectivity index (χ1n) is 4.50. The monoisotopic (exact) mass is 221 g/mol. The topological polar surface area (TPSA) is 62.7 Å². The molecule has 0 saturated carbocycles. The lowest BCUT2D eigenvalue weighted by Crippen LogP contribution is -2.04. The molecule has 0 aliphatic rings. The van der Waals surface area contributed by atoms with Crippen LogP contribution < -0.4 is 10.6 Å². The minimum atomic E-state index is 0.610. The summed E-state index contributed by atoms with van der Waals surface area (Å²) in [6.45, 7) is 0.684. The molecule has 0 bridgehead atoms. The molecule has 0 aromatic carbocycles. The normalized spacial score (nSPS) is 9.93. The lowest BCUT2D eigenvalue weighted by molar-refractivity contribution is 1.04. The number of hydrogen-bond donors (Lipinski definition) is 2. The van der Waals surface area contributed by atoms with E-state index in [1.807, 2.05) is 17.0 Å². The van der Waals surface area contributed by atoms with E-state index in [0.29, 0.717) is 12.5 Å². The van der Waals surface area contributed by atoms with Gasteiger partial charge < -0.3 is 10.6 Å². The molecule has 0 fully saturated rings. The Balaban J connectivity index is 1.98. The molecule has 2 heterocycles. The molecule has 0 amide bonds. The van der Waals surface area contributed by atoms with E-state index in [4.69, 9.17) is 0 Å². The highest BCUT2D eigenvalue weighted by Crippen LogP contribution is 2.07. The summed E-state index contributed by atoms with van der Waals surface area (Å²) in [5.41, 5.74) is 2.83. The largest absolute Gasteiger partial charge is 0.364 e. The van der Waals surface area contributed by atoms with Crippen LogP contribution in [0.4, 0.5) is 11.8 Å². The third kappa shape index (κ3) is 2.63. The maximum Gasteiger partial charge on any atom is 0.224 e. The second-order valence-corrected chi connectivity index (χ2v) is 3.57. The molecule has 0 atom stereocenters. The fourth-order valence-electron chi connectivity index (χ4n) is 1.08. The molecule has 2 aromatic heterocycles. The smallest absolute Gasteiger partial charge is 0.224 e. The summed E-state index contributed by atoms with van der Waals surface area (Å²) in [4.78, 5) is 12.4. The number of nitrogens with one attached hydrogen (secondary N) is 2. The van der Waals surface area contributed by atoms with Gasteiger partial charge in [0.25, 0.3) is 0 Å². The first-order valence-corrected chi connectivity index (χ1v) is 5.44. The van der Waals surface area contributed by atoms with Gasteiger partial charge in [0.05, 0.1) is 17.7 Å². The molecular formula is C9H11N5S. The van der Waals surface area contributed by atoms with E-state index in [-0.39, 0.29) is 0 Å². The van der Waals surface area contributed by atoms with Crippen LogP contribution in [0, 0.1) is 0 Å². The summed E-state index contributed by atoms with van der Waals surface area (Å²) >= 11 is 1.59. The summed E-state index contributed by atoms with van der Waals surface area (Å²) in [7, 11) is 1.79. The lowest BCUT2D eigenvalue weighted by atomic mass is 10.4. The fourth-order valence-corrected chi connectivity index (χ4v) is 1.64. The summed E-state index contributed by atoms with van der Waals surface area (Å²) in [5.74, 6) is 1.40. The quantitative estimate of drug-likeness (QED) is 0.820. The molecule has 6 heteroatoms. The van der Waals surface area contributed by atoms with Crippen LogP contribution in [0.5, 0.6) is 0 Å². The van der Waals surface area contributed by atoms with Crippen molar-refractivity contribution in [2.24, 2.45) is 0 Å². The van der Waals surface area contributed by atoms with Gasteiger partial charge in [-0.2, -0.15) is 4.98 Å². The van der Waals surface area contributed by atoms with Crippen LogP contribution >= 0.6 is 11.3 Å². The van der Waals surface area contributed by atoms with Crippen LogP contribution in [0.3, 0.4) is 0 Å². The van der Waals surface area contributed by atoms with Crippen LogP contribution in [-0.4, -0.2) is 22.0 Å². The Morgan fingerprint density at radius 2 is 2.33 bits per heavy atom. The number of nitrogens with zero attached hydrogens (tertiary/aromatic N) is 3. The van der Waals surface area contributed by atoms with Crippen LogP contribution in [0.1, 0.15) is 5.69 Å². The first-order chi connectivity index (χ1) is 7.38. The molecule has 5 nitrogen and oxygen atoms in total. The van der Waals surface area contributed by atoms with Crippen LogP contribution in [-0.2, 0) is 6.54 Å². The summed E-state index contributed by atoms with van der Waals surface area (Å²) in [5, 5.41) is 8.07. The van der Waals surface area contributed by atoms with Crippen molar-refractivity contribution in [2.75, 3.05) is 17.7 Å². The average molecular weight is 221 g/mol. The van der Waals surface area contributed by atoms with E-state index in [9.17, 15) is 0 Å². The Morgan fingerprint density at radius 3 is 3.07 bits per heavy atom. The van der Waals surface area contributed by atoms with Gasteiger partial charge in [0.15, 0.2) is 0 Å². The number of aromatic nitrogens is 3. The van der Waals surface area contributed by atoms with E-state index >= 15 is 0 Å². The standard InChI is InChI=1S/C9H11N5S/c1-10-9-11-3-2-8(14-9)12-4-7-5-15-6-13-7/h2-3,5-6H,4H2,1H3,(H2,10,11,12,14). The van der Waals surface area contributed by atoms with E-state index in [0.717, 1.165) is 11.5 Å². The summed E-state index contributed by atoms with van der Waals surface area (Å²) < 4.78 is 0. The van der Waals surface area contributed by atoms with Gasteiger partial charge in [-0.15, -0.1) is 11.3 Å². The number of thiazole rings is 1. The van der Waals surface area contributed by atoms with Gasteiger partial charge in [-0.3, -0.25) is 0 Å². The average Bonchev–Trinajstić information content (AvgIpc) is 2.79. The van der Waals surface area contributed by atoms with Crippen molar-refractivity contribution in [1.29, 1.82) is 0 Å². The Kier molecular flexibility index (Phi) is 3.08.